The fraction of sp³-hybridized carbons (Fsp3) is 0.316. The average Bonchev–Trinajstić information content (AvgIpc) is 2.49. The summed E-state index contributed by atoms with van der Waals surface area (Å²) in [5.41, 5.74) is 4.20. The van der Waals surface area contributed by atoms with Crippen molar-refractivity contribution in [2.75, 3.05) is 5.32 Å². The number of hydrogen-bond donors (Lipinski definition) is 1. The molecule has 0 aliphatic carbocycles. The Balaban J connectivity index is 2.17. The highest BCUT2D eigenvalue weighted by Gasteiger charge is 2.18. The number of nitrogens with one attached hydrogen (secondary N) is 1. The molecule has 0 atom stereocenters. The van der Waals surface area contributed by atoms with Crippen LogP contribution < -0.4 is 5.32 Å². The van der Waals surface area contributed by atoms with Gasteiger partial charge in [-0.2, -0.15) is 0 Å². The highest BCUT2D eigenvalue weighted by Crippen LogP contribution is 2.20. The molecule has 0 bridgehead atoms. The lowest BCUT2D eigenvalue weighted by Gasteiger charge is -2.28. The molecule has 0 heterocycles. The van der Waals surface area contributed by atoms with Gasteiger partial charge in [0.05, 0.1) is 0 Å². The van der Waals surface area contributed by atoms with Crippen molar-refractivity contribution in [1.29, 1.82) is 0 Å². The van der Waals surface area contributed by atoms with Gasteiger partial charge >= 0.3 is 6.03 Å². The van der Waals surface area contributed by atoms with E-state index in [9.17, 15) is 4.79 Å². The fourth-order valence-electron chi connectivity index (χ4n) is 2.46. The topological polar surface area (TPSA) is 32.3 Å². The van der Waals surface area contributed by atoms with Crippen LogP contribution in [0.4, 0.5) is 10.5 Å². The number of urea groups is 1. The summed E-state index contributed by atoms with van der Waals surface area (Å²) in [5.74, 6) is 0. The molecule has 22 heavy (non-hydrogen) atoms. The lowest BCUT2D eigenvalue weighted by Crippen LogP contribution is -2.39. The standard InChI is InChI=1S/C19H24N2O/c1-14(2)21(13-17-11-6-5-7-12-17)19(22)20-18-15(3)9-8-10-16(18)4/h5-12,14H,13H2,1-4H3,(H,20,22). The fourth-order valence-corrected chi connectivity index (χ4v) is 2.46. The third kappa shape index (κ3) is 3.88. The van der Waals surface area contributed by atoms with Crippen LogP contribution in [0, 0.1) is 13.8 Å². The van der Waals surface area contributed by atoms with Crippen LogP contribution in [0.2, 0.25) is 0 Å². The number of para-hydroxylation sites is 1. The summed E-state index contributed by atoms with van der Waals surface area (Å²) in [6.45, 7) is 8.70. The lowest BCUT2D eigenvalue weighted by molar-refractivity contribution is 0.193. The van der Waals surface area contributed by atoms with E-state index in [2.05, 4.69) is 5.32 Å². The Bertz CT molecular complexity index is 615. The van der Waals surface area contributed by atoms with E-state index in [1.165, 1.54) is 0 Å². The van der Waals surface area contributed by atoms with E-state index in [0.717, 1.165) is 22.4 Å². The Kier molecular flexibility index (Phi) is 5.21. The van der Waals surface area contributed by atoms with Gasteiger partial charge in [-0.1, -0.05) is 48.5 Å². The summed E-state index contributed by atoms with van der Waals surface area (Å²) >= 11 is 0. The van der Waals surface area contributed by atoms with Crippen LogP contribution in [0.25, 0.3) is 0 Å². The second-order valence-corrected chi connectivity index (χ2v) is 5.90. The number of carbonyl (C=O) groups excluding carboxylic acids is 1. The summed E-state index contributed by atoms with van der Waals surface area (Å²) in [6.07, 6.45) is 0. The quantitative estimate of drug-likeness (QED) is 0.868. The van der Waals surface area contributed by atoms with Crippen molar-refractivity contribution in [1.82, 2.24) is 4.90 Å². The van der Waals surface area contributed by atoms with Crippen molar-refractivity contribution in [2.45, 2.75) is 40.3 Å². The number of amides is 2. The molecule has 3 nitrogen and oxygen atoms in total. The second-order valence-electron chi connectivity index (χ2n) is 5.90. The van der Waals surface area contributed by atoms with E-state index in [1.54, 1.807) is 0 Å². The van der Waals surface area contributed by atoms with Crippen molar-refractivity contribution in [3.63, 3.8) is 0 Å². The molecule has 0 spiro atoms. The lowest BCUT2D eigenvalue weighted by atomic mass is 10.1. The molecular weight excluding hydrogens is 272 g/mol. The minimum absolute atomic E-state index is 0.0590. The Morgan fingerprint density at radius 2 is 1.59 bits per heavy atom. The SMILES string of the molecule is Cc1cccc(C)c1NC(=O)N(Cc1ccccc1)C(C)C. The molecule has 116 valence electrons. The van der Waals surface area contributed by atoms with Crippen LogP contribution in [-0.4, -0.2) is 17.0 Å². The van der Waals surface area contributed by atoms with E-state index in [0.29, 0.717) is 6.54 Å². The Hall–Kier alpha value is -2.29. The van der Waals surface area contributed by atoms with Crippen LogP contribution in [0.15, 0.2) is 48.5 Å². The Morgan fingerprint density at radius 3 is 2.14 bits per heavy atom. The van der Waals surface area contributed by atoms with Crippen molar-refractivity contribution in [3.8, 4) is 0 Å². The number of rotatable bonds is 4. The minimum atomic E-state index is -0.0590. The number of hydrogen-bond acceptors (Lipinski definition) is 1. The first-order valence-corrected chi connectivity index (χ1v) is 7.67. The summed E-state index contributed by atoms with van der Waals surface area (Å²) in [7, 11) is 0. The number of benzene rings is 2. The van der Waals surface area contributed by atoms with Gasteiger partial charge in [-0.3, -0.25) is 0 Å². The van der Waals surface area contributed by atoms with Crippen LogP contribution in [0.3, 0.4) is 0 Å². The third-order valence-corrected chi connectivity index (χ3v) is 3.79. The van der Waals surface area contributed by atoms with Gasteiger partial charge in [-0.15, -0.1) is 0 Å². The van der Waals surface area contributed by atoms with Crippen LogP contribution in [-0.2, 0) is 6.54 Å². The predicted molar refractivity (Wildman–Crippen MR) is 92.1 cm³/mol. The maximum atomic E-state index is 12.7. The molecule has 0 aliphatic rings. The highest BCUT2D eigenvalue weighted by atomic mass is 16.2. The van der Waals surface area contributed by atoms with Gasteiger partial charge in [-0.25, -0.2) is 4.79 Å². The zero-order valence-electron chi connectivity index (χ0n) is 13.8. The summed E-state index contributed by atoms with van der Waals surface area (Å²) < 4.78 is 0. The molecule has 2 aromatic rings. The zero-order chi connectivity index (χ0) is 16.1. The van der Waals surface area contributed by atoms with Gasteiger partial charge in [-0.05, 0) is 44.4 Å². The van der Waals surface area contributed by atoms with E-state index in [-0.39, 0.29) is 12.1 Å². The third-order valence-electron chi connectivity index (χ3n) is 3.79. The molecule has 0 saturated carbocycles. The average molecular weight is 296 g/mol. The second kappa shape index (κ2) is 7.12. The Labute approximate surface area is 133 Å². The normalized spacial score (nSPS) is 10.6. The van der Waals surface area contributed by atoms with Gasteiger partial charge < -0.3 is 10.2 Å². The first-order chi connectivity index (χ1) is 10.5. The smallest absolute Gasteiger partial charge is 0.318 e. The molecule has 2 rings (SSSR count). The predicted octanol–water partition coefficient (Wildman–Crippen LogP) is 4.75. The van der Waals surface area contributed by atoms with Crippen molar-refractivity contribution < 1.29 is 4.79 Å². The first kappa shape index (κ1) is 16.1. The van der Waals surface area contributed by atoms with Gasteiger partial charge in [0.2, 0.25) is 0 Å². The molecule has 1 N–H and O–H groups in total. The zero-order valence-corrected chi connectivity index (χ0v) is 13.8. The summed E-state index contributed by atoms with van der Waals surface area (Å²) in [6, 6.07) is 16.2. The van der Waals surface area contributed by atoms with Gasteiger partial charge in [0.25, 0.3) is 0 Å². The van der Waals surface area contributed by atoms with E-state index in [1.807, 2.05) is 81.1 Å². The monoisotopic (exact) mass is 296 g/mol. The van der Waals surface area contributed by atoms with Crippen LogP contribution in [0.5, 0.6) is 0 Å². The van der Waals surface area contributed by atoms with Gasteiger partial charge in [0.1, 0.15) is 0 Å². The molecule has 2 amide bonds. The molecule has 0 aromatic heterocycles. The molecular formula is C19H24N2O. The number of carbonyl (C=O) groups is 1. The van der Waals surface area contributed by atoms with Crippen molar-refractivity contribution >= 4 is 11.7 Å². The van der Waals surface area contributed by atoms with E-state index >= 15 is 0 Å². The van der Waals surface area contributed by atoms with Gasteiger partial charge in [0, 0.05) is 18.3 Å². The molecule has 3 heteroatoms. The summed E-state index contributed by atoms with van der Waals surface area (Å²) in [4.78, 5) is 14.5. The minimum Gasteiger partial charge on any atom is -0.318 e. The van der Waals surface area contributed by atoms with Crippen molar-refractivity contribution in [2.24, 2.45) is 0 Å². The van der Waals surface area contributed by atoms with E-state index in [4.69, 9.17) is 0 Å². The summed E-state index contributed by atoms with van der Waals surface area (Å²) in [5, 5.41) is 3.07. The van der Waals surface area contributed by atoms with Crippen LogP contribution in [0.1, 0.15) is 30.5 Å². The number of anilines is 1. The highest BCUT2D eigenvalue weighted by molar-refractivity contribution is 5.91. The molecule has 2 aromatic carbocycles. The molecule has 0 fully saturated rings. The molecule has 0 radical (unpaired) electrons. The molecule has 0 unspecified atom stereocenters. The molecule has 0 saturated heterocycles. The Morgan fingerprint density at radius 1 is 1.00 bits per heavy atom. The van der Waals surface area contributed by atoms with Crippen molar-refractivity contribution in [3.05, 3.63) is 65.2 Å². The maximum Gasteiger partial charge on any atom is 0.322 e. The van der Waals surface area contributed by atoms with Crippen LogP contribution >= 0.6 is 0 Å². The van der Waals surface area contributed by atoms with E-state index < -0.39 is 0 Å². The first-order valence-electron chi connectivity index (χ1n) is 7.67. The number of nitrogens with zero attached hydrogens (tertiary/aromatic N) is 1. The number of aryl methyl sites for hydroxylation is 2. The molecule has 0 aliphatic heterocycles. The maximum absolute atomic E-state index is 12.7. The van der Waals surface area contributed by atoms with Gasteiger partial charge in [0.15, 0.2) is 0 Å². The largest absolute Gasteiger partial charge is 0.322 e.